The molecule has 1 aromatic heterocycles. The van der Waals surface area contributed by atoms with Crippen LogP contribution in [0.1, 0.15) is 39.2 Å². The molecule has 2 rings (SSSR count). The maximum Gasteiger partial charge on any atom is 0.230 e. The number of imide groups is 1. The predicted octanol–water partition coefficient (Wildman–Crippen LogP) is 2.19. The average Bonchev–Trinajstić information content (AvgIpc) is 2.35. The molecule has 0 bridgehead atoms. The van der Waals surface area contributed by atoms with Gasteiger partial charge in [0.1, 0.15) is 5.82 Å². The number of rotatable bonds is 4. The van der Waals surface area contributed by atoms with Crippen LogP contribution in [0.15, 0.2) is 18.3 Å². The van der Waals surface area contributed by atoms with Gasteiger partial charge in [0, 0.05) is 25.6 Å². The first-order valence-corrected chi connectivity index (χ1v) is 6.93. The van der Waals surface area contributed by atoms with Crippen LogP contribution in [0.5, 0.6) is 0 Å². The number of anilines is 1. The maximum atomic E-state index is 12.1. The van der Waals surface area contributed by atoms with Crippen LogP contribution in [-0.4, -0.2) is 28.2 Å². The molecule has 1 aliphatic rings. The second-order valence-electron chi connectivity index (χ2n) is 5.97. The van der Waals surface area contributed by atoms with Gasteiger partial charge in [0.05, 0.1) is 6.54 Å². The van der Waals surface area contributed by atoms with Crippen LogP contribution in [0.2, 0.25) is 0 Å². The second-order valence-corrected chi connectivity index (χ2v) is 5.97. The molecule has 1 fully saturated rings. The van der Waals surface area contributed by atoms with Crippen LogP contribution in [0.4, 0.5) is 5.82 Å². The number of pyridine rings is 1. The van der Waals surface area contributed by atoms with Crippen molar-refractivity contribution in [2.24, 2.45) is 5.41 Å². The van der Waals surface area contributed by atoms with Crippen molar-refractivity contribution in [3.05, 3.63) is 23.9 Å². The van der Waals surface area contributed by atoms with Crippen molar-refractivity contribution in [1.82, 2.24) is 9.88 Å². The summed E-state index contributed by atoms with van der Waals surface area (Å²) in [7, 11) is 0. The van der Waals surface area contributed by atoms with Crippen LogP contribution in [-0.2, 0) is 16.1 Å². The number of carbonyl (C=O) groups excluding carboxylic acids is 2. The van der Waals surface area contributed by atoms with Crippen molar-refractivity contribution >= 4 is 17.6 Å². The average molecular weight is 275 g/mol. The van der Waals surface area contributed by atoms with E-state index in [0.29, 0.717) is 19.4 Å². The van der Waals surface area contributed by atoms with Gasteiger partial charge in [-0.1, -0.05) is 19.9 Å². The molecule has 0 radical (unpaired) electrons. The molecule has 0 atom stereocenters. The van der Waals surface area contributed by atoms with Crippen molar-refractivity contribution in [2.45, 2.75) is 40.2 Å². The molecule has 1 aromatic rings. The Hall–Kier alpha value is -1.91. The Bertz CT molecular complexity index is 488. The lowest BCUT2D eigenvalue weighted by atomic mass is 9.81. The van der Waals surface area contributed by atoms with Gasteiger partial charge in [-0.3, -0.25) is 14.5 Å². The Labute approximate surface area is 119 Å². The summed E-state index contributed by atoms with van der Waals surface area (Å²) in [5, 5.41) is 3.11. The molecule has 1 aliphatic heterocycles. The fourth-order valence-electron chi connectivity index (χ4n) is 2.37. The van der Waals surface area contributed by atoms with Gasteiger partial charge in [0.25, 0.3) is 0 Å². The Morgan fingerprint density at radius 3 is 2.40 bits per heavy atom. The highest BCUT2D eigenvalue weighted by atomic mass is 16.2. The molecule has 0 unspecified atom stereocenters. The van der Waals surface area contributed by atoms with E-state index in [2.05, 4.69) is 10.3 Å². The van der Waals surface area contributed by atoms with E-state index in [-0.39, 0.29) is 17.2 Å². The van der Waals surface area contributed by atoms with Crippen LogP contribution in [0.3, 0.4) is 0 Å². The van der Waals surface area contributed by atoms with Crippen LogP contribution >= 0.6 is 0 Å². The van der Waals surface area contributed by atoms with Gasteiger partial charge in [0.2, 0.25) is 11.8 Å². The summed E-state index contributed by atoms with van der Waals surface area (Å²) in [6.45, 7) is 7.03. The molecule has 1 saturated heterocycles. The zero-order valence-electron chi connectivity index (χ0n) is 12.3. The highest BCUT2D eigenvalue weighted by Crippen LogP contribution is 2.32. The Morgan fingerprint density at radius 1 is 1.25 bits per heavy atom. The van der Waals surface area contributed by atoms with Gasteiger partial charge in [-0.2, -0.15) is 0 Å². The van der Waals surface area contributed by atoms with Crippen LogP contribution < -0.4 is 5.32 Å². The molecule has 5 nitrogen and oxygen atoms in total. The first-order valence-electron chi connectivity index (χ1n) is 6.93. The Morgan fingerprint density at radius 2 is 1.90 bits per heavy atom. The number of amides is 2. The third-order valence-corrected chi connectivity index (χ3v) is 3.38. The minimum absolute atomic E-state index is 0.0954. The fraction of sp³-hybridized carbons (Fsp3) is 0.533. The summed E-state index contributed by atoms with van der Waals surface area (Å²) in [5.74, 6) is 0.609. The van der Waals surface area contributed by atoms with Gasteiger partial charge in [-0.15, -0.1) is 0 Å². The van der Waals surface area contributed by atoms with E-state index in [1.54, 1.807) is 6.20 Å². The van der Waals surface area contributed by atoms with Gasteiger partial charge in [-0.05, 0) is 24.0 Å². The van der Waals surface area contributed by atoms with Gasteiger partial charge >= 0.3 is 0 Å². The number of nitrogens with one attached hydrogen (secondary N) is 1. The van der Waals surface area contributed by atoms with E-state index in [1.165, 1.54) is 4.90 Å². The molecule has 0 saturated carbocycles. The lowest BCUT2D eigenvalue weighted by Gasteiger charge is -2.34. The number of hydrogen-bond donors (Lipinski definition) is 1. The molecule has 0 aromatic carbocycles. The summed E-state index contributed by atoms with van der Waals surface area (Å²) >= 11 is 0. The maximum absolute atomic E-state index is 12.1. The Kier molecular flexibility index (Phi) is 4.06. The molecule has 5 heteroatoms. The molecule has 1 N–H and O–H groups in total. The van der Waals surface area contributed by atoms with E-state index in [0.717, 1.165) is 17.9 Å². The number of piperidine rings is 1. The minimum atomic E-state index is -0.224. The normalized spacial score (nSPS) is 18.2. The molecule has 0 spiro atoms. The monoisotopic (exact) mass is 275 g/mol. The van der Waals surface area contributed by atoms with Gasteiger partial charge in [-0.25, -0.2) is 4.98 Å². The molecule has 2 heterocycles. The van der Waals surface area contributed by atoms with Crippen molar-refractivity contribution in [3.8, 4) is 0 Å². The topological polar surface area (TPSA) is 62.3 Å². The van der Waals surface area contributed by atoms with E-state index >= 15 is 0 Å². The van der Waals surface area contributed by atoms with Crippen LogP contribution in [0, 0.1) is 5.41 Å². The van der Waals surface area contributed by atoms with Crippen molar-refractivity contribution in [2.75, 3.05) is 11.9 Å². The van der Waals surface area contributed by atoms with Crippen molar-refractivity contribution < 1.29 is 9.59 Å². The molecule has 2 amide bonds. The molecule has 108 valence electrons. The third-order valence-electron chi connectivity index (χ3n) is 3.38. The standard InChI is InChI=1S/C15H21N3O2/c1-4-16-12-6-5-11(9-17-12)10-18-13(19)7-15(2,3)8-14(18)20/h5-6,9H,4,7-8,10H2,1-3H3,(H,16,17). The minimum Gasteiger partial charge on any atom is -0.370 e. The number of aromatic nitrogens is 1. The molecule has 20 heavy (non-hydrogen) atoms. The SMILES string of the molecule is CCNc1ccc(CN2C(=O)CC(C)(C)CC2=O)cn1. The van der Waals surface area contributed by atoms with Crippen LogP contribution in [0.25, 0.3) is 0 Å². The van der Waals surface area contributed by atoms with Crippen molar-refractivity contribution in [1.29, 1.82) is 0 Å². The lowest BCUT2D eigenvalue weighted by molar-refractivity contribution is -0.153. The van der Waals surface area contributed by atoms with Crippen molar-refractivity contribution in [3.63, 3.8) is 0 Å². The number of carbonyl (C=O) groups is 2. The quantitative estimate of drug-likeness (QED) is 0.856. The molecule has 0 aliphatic carbocycles. The predicted molar refractivity (Wildman–Crippen MR) is 77.0 cm³/mol. The van der Waals surface area contributed by atoms with Gasteiger partial charge in [0.15, 0.2) is 0 Å². The largest absolute Gasteiger partial charge is 0.370 e. The number of hydrogen-bond acceptors (Lipinski definition) is 4. The summed E-state index contributed by atoms with van der Waals surface area (Å²) < 4.78 is 0. The summed E-state index contributed by atoms with van der Waals surface area (Å²) in [4.78, 5) is 29.7. The lowest BCUT2D eigenvalue weighted by Crippen LogP contribution is -2.45. The summed E-state index contributed by atoms with van der Waals surface area (Å²) in [5.41, 5.74) is 0.644. The highest BCUT2D eigenvalue weighted by Gasteiger charge is 2.37. The smallest absolute Gasteiger partial charge is 0.230 e. The Balaban J connectivity index is 2.06. The molecular formula is C15H21N3O2. The first-order chi connectivity index (χ1) is 9.41. The van der Waals surface area contributed by atoms with Gasteiger partial charge < -0.3 is 5.32 Å². The summed E-state index contributed by atoms with van der Waals surface area (Å²) in [6, 6.07) is 3.76. The number of nitrogens with zero attached hydrogens (tertiary/aromatic N) is 2. The zero-order valence-corrected chi connectivity index (χ0v) is 12.3. The zero-order chi connectivity index (χ0) is 14.8. The number of likely N-dealkylation sites (tertiary alicyclic amines) is 1. The van der Waals surface area contributed by atoms with E-state index in [9.17, 15) is 9.59 Å². The van der Waals surface area contributed by atoms with E-state index in [4.69, 9.17) is 0 Å². The second kappa shape index (κ2) is 5.61. The fourth-order valence-corrected chi connectivity index (χ4v) is 2.37. The summed E-state index contributed by atoms with van der Waals surface area (Å²) in [6.07, 6.45) is 2.54. The highest BCUT2D eigenvalue weighted by molar-refractivity contribution is 5.98. The molecular weight excluding hydrogens is 254 g/mol. The van der Waals surface area contributed by atoms with E-state index in [1.807, 2.05) is 32.9 Å². The first kappa shape index (κ1) is 14.5. The van der Waals surface area contributed by atoms with E-state index < -0.39 is 0 Å². The third kappa shape index (κ3) is 3.35.